The fourth-order valence-electron chi connectivity index (χ4n) is 4.43. The van der Waals surface area contributed by atoms with Crippen molar-refractivity contribution < 1.29 is 47.3 Å². The molecule has 3 atom stereocenters. The van der Waals surface area contributed by atoms with Crippen molar-refractivity contribution in [1.29, 1.82) is 0 Å². The number of ketones is 1. The van der Waals surface area contributed by atoms with Crippen molar-refractivity contribution in [3.63, 3.8) is 0 Å². The second kappa shape index (κ2) is 15.3. The summed E-state index contributed by atoms with van der Waals surface area (Å²) in [6, 6.07) is 12.2. The monoisotopic (exact) mass is 579 g/mol. The van der Waals surface area contributed by atoms with Crippen LogP contribution in [0, 0.1) is 17.8 Å². The van der Waals surface area contributed by atoms with E-state index in [1.807, 2.05) is 13.8 Å². The molecule has 0 aliphatic rings. The zero-order valence-corrected chi connectivity index (χ0v) is 23.2. The maximum Gasteiger partial charge on any atom is 0.414 e. The number of amides is 1. The highest BCUT2D eigenvalue weighted by molar-refractivity contribution is 6.08. The molecule has 41 heavy (non-hydrogen) atoms. The second-order valence-corrected chi connectivity index (χ2v) is 10.4. The number of ether oxygens (including phenoxy) is 1. The zero-order chi connectivity index (χ0) is 30.7. The number of halogens is 3. The smallest absolute Gasteiger partial charge is 0.414 e. The van der Waals surface area contributed by atoms with Crippen LogP contribution in [0.3, 0.4) is 0 Å². The molecule has 0 heterocycles. The number of carboxylic acids is 1. The Hall–Kier alpha value is -3.73. The van der Waals surface area contributed by atoms with Crippen LogP contribution in [0.15, 0.2) is 48.5 Å². The maximum absolute atomic E-state index is 13.5. The van der Waals surface area contributed by atoms with Crippen LogP contribution in [-0.2, 0) is 32.0 Å². The minimum atomic E-state index is -4.70. The van der Waals surface area contributed by atoms with E-state index in [0.29, 0.717) is 24.1 Å². The molecule has 1 amide bonds. The number of esters is 1. The molecule has 2 rings (SSSR count). The number of benzene rings is 2. The lowest BCUT2D eigenvalue weighted by Gasteiger charge is -2.23. The Bertz CT molecular complexity index is 1180. The Morgan fingerprint density at radius 3 is 2.05 bits per heavy atom. The highest BCUT2D eigenvalue weighted by Crippen LogP contribution is 2.26. The van der Waals surface area contributed by atoms with Crippen LogP contribution in [0.2, 0.25) is 0 Å². The van der Waals surface area contributed by atoms with Gasteiger partial charge in [0.1, 0.15) is 5.78 Å². The first-order valence-electron chi connectivity index (χ1n) is 13.3. The molecule has 2 aromatic carbocycles. The summed E-state index contributed by atoms with van der Waals surface area (Å²) in [5.41, 5.74) is 1.75. The molecule has 0 saturated carbocycles. The normalized spacial score (nSPS) is 13.8. The van der Waals surface area contributed by atoms with Gasteiger partial charge in [-0.05, 0) is 67.0 Å². The number of carbonyl (C=O) groups is 4. The van der Waals surface area contributed by atoms with Gasteiger partial charge >= 0.3 is 18.1 Å². The summed E-state index contributed by atoms with van der Waals surface area (Å²) in [4.78, 5) is 49.9. The van der Waals surface area contributed by atoms with Crippen LogP contribution < -0.4 is 5.32 Å². The topological polar surface area (TPSA) is 130 Å². The van der Waals surface area contributed by atoms with E-state index in [2.05, 4.69) is 10.1 Å². The number of carbonyl (C=O) groups excluding carboxylic acids is 3. The fourth-order valence-corrected chi connectivity index (χ4v) is 4.43. The quantitative estimate of drug-likeness (QED) is 0.195. The molecule has 11 heteroatoms. The van der Waals surface area contributed by atoms with Gasteiger partial charge in [0.05, 0.1) is 25.0 Å². The summed E-state index contributed by atoms with van der Waals surface area (Å²) in [6.45, 7) is 3.70. The molecule has 0 bridgehead atoms. The zero-order valence-electron chi connectivity index (χ0n) is 23.2. The van der Waals surface area contributed by atoms with Crippen LogP contribution in [0.4, 0.5) is 18.9 Å². The molecule has 3 unspecified atom stereocenters. The lowest BCUT2D eigenvalue weighted by molar-refractivity contribution is -0.203. The number of rotatable bonds is 15. The third-order valence-electron chi connectivity index (χ3n) is 6.61. The molecule has 0 aromatic heterocycles. The Labute approximate surface area is 236 Å². The first-order valence-corrected chi connectivity index (χ1v) is 13.3. The first kappa shape index (κ1) is 33.5. The van der Waals surface area contributed by atoms with Crippen molar-refractivity contribution in [2.24, 2.45) is 17.8 Å². The van der Waals surface area contributed by atoms with E-state index in [-0.39, 0.29) is 24.3 Å². The number of methoxy groups -OCH3 is 1. The molecule has 0 radical (unpaired) electrons. The summed E-state index contributed by atoms with van der Waals surface area (Å²) < 4.78 is 42.4. The van der Waals surface area contributed by atoms with Crippen molar-refractivity contribution in [2.75, 3.05) is 12.4 Å². The number of nitrogens with one attached hydrogen (secondary N) is 1. The van der Waals surface area contributed by atoms with Gasteiger partial charge < -0.3 is 20.3 Å². The van der Waals surface area contributed by atoms with Gasteiger partial charge in [-0.1, -0.05) is 38.1 Å². The van der Waals surface area contributed by atoms with Crippen LogP contribution in [0.5, 0.6) is 0 Å². The lowest BCUT2D eigenvalue weighted by atomic mass is 9.82. The van der Waals surface area contributed by atoms with Crippen LogP contribution in [0.1, 0.15) is 61.0 Å². The standard InChI is InChI=1S/C30H36F3NO7/c1-18(2)15-24(28(39)34-23-13-11-21(12-14-23)29(40)41-3)27(38)22(17-26(36)37)6-4-5-19-7-9-20(10-8-19)16-25(35)30(31,32)33/h7-14,18,22,24-25,35H,4-6,15-17H2,1-3H3,(H,34,39)(H,36,37). The summed E-state index contributed by atoms with van der Waals surface area (Å²) >= 11 is 0. The van der Waals surface area contributed by atoms with Gasteiger partial charge in [-0.3, -0.25) is 14.4 Å². The van der Waals surface area contributed by atoms with Crippen molar-refractivity contribution >= 4 is 29.3 Å². The number of aliphatic hydroxyl groups excluding tert-OH is 1. The SMILES string of the molecule is COC(=O)c1ccc(NC(=O)C(CC(C)C)C(=O)C(CCCc2ccc(CC(O)C(F)(F)F)cc2)CC(=O)O)cc1. The van der Waals surface area contributed by atoms with Gasteiger partial charge in [0.2, 0.25) is 5.91 Å². The van der Waals surface area contributed by atoms with Crippen LogP contribution >= 0.6 is 0 Å². The summed E-state index contributed by atoms with van der Waals surface area (Å²) in [5.74, 6) is -4.77. The van der Waals surface area contributed by atoms with Gasteiger partial charge in [0, 0.05) is 18.0 Å². The maximum atomic E-state index is 13.5. The molecular weight excluding hydrogens is 543 g/mol. The fraction of sp³-hybridized carbons (Fsp3) is 0.467. The lowest BCUT2D eigenvalue weighted by Crippen LogP contribution is -2.36. The Morgan fingerprint density at radius 2 is 1.54 bits per heavy atom. The van der Waals surface area contributed by atoms with Gasteiger partial charge in [-0.2, -0.15) is 13.2 Å². The van der Waals surface area contributed by atoms with Gasteiger partial charge in [0.25, 0.3) is 0 Å². The van der Waals surface area contributed by atoms with E-state index in [9.17, 15) is 42.6 Å². The molecular formula is C30H36F3NO7. The second-order valence-electron chi connectivity index (χ2n) is 10.4. The Morgan fingerprint density at radius 1 is 0.951 bits per heavy atom. The average Bonchev–Trinajstić information content (AvgIpc) is 2.90. The number of carboxylic acid groups (broad SMARTS) is 1. The van der Waals surface area contributed by atoms with Crippen LogP contribution in [-0.4, -0.2) is 53.2 Å². The van der Waals surface area contributed by atoms with E-state index in [0.717, 1.165) is 5.56 Å². The molecule has 2 aromatic rings. The summed E-state index contributed by atoms with van der Waals surface area (Å²) in [7, 11) is 1.25. The molecule has 0 aliphatic heterocycles. The molecule has 0 saturated heterocycles. The number of aliphatic hydroxyl groups is 1. The summed E-state index contributed by atoms with van der Waals surface area (Å²) in [6.07, 6.45) is -6.88. The predicted octanol–water partition coefficient (Wildman–Crippen LogP) is 5.22. The van der Waals surface area contributed by atoms with Gasteiger partial charge in [-0.15, -0.1) is 0 Å². The van der Waals surface area contributed by atoms with Gasteiger partial charge in [0.15, 0.2) is 6.10 Å². The number of anilines is 1. The van der Waals surface area contributed by atoms with Gasteiger partial charge in [-0.25, -0.2) is 4.79 Å². The number of Topliss-reactive ketones (excluding diaryl/α,β-unsaturated/α-hetero) is 1. The number of aryl methyl sites for hydroxylation is 1. The Kier molecular flexibility index (Phi) is 12.5. The Balaban J connectivity index is 2.08. The number of hydrogen-bond donors (Lipinski definition) is 3. The largest absolute Gasteiger partial charge is 0.481 e. The van der Waals surface area contributed by atoms with E-state index >= 15 is 0 Å². The van der Waals surface area contributed by atoms with Crippen molar-refractivity contribution in [3.8, 4) is 0 Å². The number of aliphatic carboxylic acids is 1. The number of hydrogen-bond acceptors (Lipinski definition) is 6. The molecule has 0 aliphatic carbocycles. The van der Waals surface area contributed by atoms with E-state index < -0.39 is 60.6 Å². The minimum absolute atomic E-state index is 0.0312. The molecule has 3 N–H and O–H groups in total. The third-order valence-corrected chi connectivity index (χ3v) is 6.61. The summed E-state index contributed by atoms with van der Waals surface area (Å²) in [5, 5.41) is 21.4. The van der Waals surface area contributed by atoms with Crippen molar-refractivity contribution in [1.82, 2.24) is 0 Å². The molecule has 8 nitrogen and oxygen atoms in total. The third kappa shape index (κ3) is 11.0. The van der Waals surface area contributed by atoms with Crippen molar-refractivity contribution in [3.05, 3.63) is 65.2 Å². The average molecular weight is 580 g/mol. The van der Waals surface area contributed by atoms with E-state index in [1.165, 1.54) is 43.5 Å². The predicted molar refractivity (Wildman–Crippen MR) is 145 cm³/mol. The molecule has 0 spiro atoms. The number of alkyl halides is 3. The van der Waals surface area contributed by atoms with E-state index in [4.69, 9.17) is 0 Å². The molecule has 0 fully saturated rings. The minimum Gasteiger partial charge on any atom is -0.481 e. The highest BCUT2D eigenvalue weighted by atomic mass is 19.4. The highest BCUT2D eigenvalue weighted by Gasteiger charge is 2.38. The first-order chi connectivity index (χ1) is 19.2. The van der Waals surface area contributed by atoms with Crippen LogP contribution in [0.25, 0.3) is 0 Å². The van der Waals surface area contributed by atoms with Crippen molar-refractivity contribution in [2.45, 2.75) is 64.7 Å². The molecule has 224 valence electrons. The van der Waals surface area contributed by atoms with E-state index in [1.54, 1.807) is 12.1 Å².